The van der Waals surface area contributed by atoms with E-state index in [2.05, 4.69) is 60.5 Å². The largest absolute Gasteiger partial charge is 0.497 e. The summed E-state index contributed by atoms with van der Waals surface area (Å²) in [6, 6.07) is 16.4. The summed E-state index contributed by atoms with van der Waals surface area (Å²) in [5.74, 6) is 0.838. The summed E-state index contributed by atoms with van der Waals surface area (Å²) in [5.41, 5.74) is 8.55. The smallest absolute Gasteiger partial charge is 0.203 e. The predicted molar refractivity (Wildman–Crippen MR) is 115 cm³/mol. The van der Waals surface area contributed by atoms with E-state index in [1.54, 1.807) is 7.11 Å². The lowest BCUT2D eigenvalue weighted by Crippen LogP contribution is -2.11. The van der Waals surface area contributed by atoms with Crippen LogP contribution in [0.15, 0.2) is 59.0 Å². The summed E-state index contributed by atoms with van der Waals surface area (Å²) in [7, 11) is 1.66. The zero-order valence-electron chi connectivity index (χ0n) is 16.4. The average Bonchev–Trinajstić information content (AvgIpc) is 3.14. The Hall–Kier alpha value is -2.66. The Balaban J connectivity index is 1.69. The Bertz CT molecular complexity index is 919. The number of nitrogens with one attached hydrogen (secondary N) is 1. The molecule has 1 aromatic heterocycles. The summed E-state index contributed by atoms with van der Waals surface area (Å²) >= 11 is 1.54. The second-order valence-electron chi connectivity index (χ2n) is 7.40. The third kappa shape index (κ3) is 4.74. The first-order valence-corrected chi connectivity index (χ1v) is 9.76. The van der Waals surface area contributed by atoms with E-state index >= 15 is 0 Å². The zero-order chi connectivity index (χ0) is 19.4. The number of anilines is 1. The molecule has 0 amide bonds. The van der Waals surface area contributed by atoms with Gasteiger partial charge in [0, 0.05) is 10.9 Å². The molecule has 0 spiro atoms. The molecule has 5 heteroatoms. The van der Waals surface area contributed by atoms with E-state index in [0.29, 0.717) is 0 Å². The van der Waals surface area contributed by atoms with Crippen molar-refractivity contribution in [3.05, 3.63) is 65.0 Å². The lowest BCUT2D eigenvalue weighted by atomic mass is 9.86. The minimum absolute atomic E-state index is 0.153. The maximum Gasteiger partial charge on any atom is 0.203 e. The van der Waals surface area contributed by atoms with E-state index in [0.717, 1.165) is 33.4 Å². The van der Waals surface area contributed by atoms with Crippen LogP contribution in [0, 0.1) is 0 Å². The van der Waals surface area contributed by atoms with Gasteiger partial charge in [-0.2, -0.15) is 5.10 Å². The molecule has 0 bridgehead atoms. The van der Waals surface area contributed by atoms with Crippen molar-refractivity contribution < 1.29 is 4.74 Å². The molecule has 140 valence electrons. The van der Waals surface area contributed by atoms with Gasteiger partial charge >= 0.3 is 0 Å². The molecule has 0 aliphatic carbocycles. The van der Waals surface area contributed by atoms with Gasteiger partial charge in [0.15, 0.2) is 0 Å². The first-order valence-electron chi connectivity index (χ1n) is 8.88. The van der Waals surface area contributed by atoms with Gasteiger partial charge < -0.3 is 4.74 Å². The van der Waals surface area contributed by atoms with Crippen LogP contribution in [0.4, 0.5) is 5.13 Å². The molecular formula is C22H25N3OS. The highest BCUT2D eigenvalue weighted by Gasteiger charge is 2.13. The average molecular weight is 380 g/mol. The van der Waals surface area contributed by atoms with Gasteiger partial charge in [0.2, 0.25) is 5.13 Å². The number of hydrazone groups is 1. The van der Waals surface area contributed by atoms with Crippen LogP contribution in [-0.2, 0) is 5.41 Å². The number of thiazole rings is 1. The highest BCUT2D eigenvalue weighted by Crippen LogP contribution is 2.26. The number of methoxy groups -OCH3 is 1. The van der Waals surface area contributed by atoms with Crippen LogP contribution in [0.1, 0.15) is 38.8 Å². The molecule has 1 heterocycles. The first kappa shape index (κ1) is 19.1. The number of hydrogen-bond donors (Lipinski definition) is 1. The lowest BCUT2D eigenvalue weighted by Gasteiger charge is -2.19. The van der Waals surface area contributed by atoms with Gasteiger partial charge in [-0.25, -0.2) is 4.98 Å². The van der Waals surface area contributed by atoms with Gasteiger partial charge in [-0.1, -0.05) is 45.0 Å². The zero-order valence-corrected chi connectivity index (χ0v) is 17.2. The summed E-state index contributed by atoms with van der Waals surface area (Å²) in [5, 5.41) is 7.28. The molecule has 0 saturated carbocycles. The molecule has 3 rings (SSSR count). The van der Waals surface area contributed by atoms with E-state index in [1.165, 1.54) is 16.9 Å². The minimum atomic E-state index is 0.153. The molecule has 0 aliphatic rings. The van der Waals surface area contributed by atoms with Crippen molar-refractivity contribution in [2.45, 2.75) is 33.1 Å². The fourth-order valence-corrected chi connectivity index (χ4v) is 3.29. The topological polar surface area (TPSA) is 46.5 Å². The number of aromatic nitrogens is 1. The van der Waals surface area contributed by atoms with Crippen molar-refractivity contribution in [1.82, 2.24) is 4.98 Å². The van der Waals surface area contributed by atoms with Gasteiger partial charge in [-0.15, -0.1) is 11.3 Å². The summed E-state index contributed by atoms with van der Waals surface area (Å²) < 4.78 is 5.20. The number of benzene rings is 2. The molecule has 1 N–H and O–H groups in total. The molecule has 0 atom stereocenters. The van der Waals surface area contributed by atoms with Crippen molar-refractivity contribution in [2.75, 3.05) is 12.5 Å². The molecule has 4 nitrogen and oxygen atoms in total. The fourth-order valence-electron chi connectivity index (χ4n) is 2.63. The third-order valence-corrected chi connectivity index (χ3v) is 5.12. The molecule has 0 radical (unpaired) electrons. The van der Waals surface area contributed by atoms with E-state index in [9.17, 15) is 0 Å². The van der Waals surface area contributed by atoms with Crippen LogP contribution < -0.4 is 10.2 Å². The van der Waals surface area contributed by atoms with E-state index in [4.69, 9.17) is 4.74 Å². The molecule has 0 unspecified atom stereocenters. The van der Waals surface area contributed by atoms with Crippen LogP contribution in [0.2, 0.25) is 0 Å². The Morgan fingerprint density at radius 3 is 2.30 bits per heavy atom. The van der Waals surface area contributed by atoms with Crippen molar-refractivity contribution in [1.29, 1.82) is 0 Å². The van der Waals surface area contributed by atoms with Crippen LogP contribution in [-0.4, -0.2) is 17.8 Å². The Labute approximate surface area is 164 Å². The lowest BCUT2D eigenvalue weighted by molar-refractivity contribution is 0.415. The van der Waals surface area contributed by atoms with Gasteiger partial charge in [0.25, 0.3) is 0 Å². The normalized spacial score (nSPS) is 12.1. The van der Waals surface area contributed by atoms with E-state index in [-0.39, 0.29) is 5.41 Å². The summed E-state index contributed by atoms with van der Waals surface area (Å²) in [6.07, 6.45) is 0. The molecule has 2 aromatic carbocycles. The molecule has 27 heavy (non-hydrogen) atoms. The highest BCUT2D eigenvalue weighted by atomic mass is 32.1. The number of hydrogen-bond acceptors (Lipinski definition) is 5. The second-order valence-corrected chi connectivity index (χ2v) is 8.26. The van der Waals surface area contributed by atoms with Crippen LogP contribution in [0.3, 0.4) is 0 Å². The van der Waals surface area contributed by atoms with Crippen LogP contribution >= 0.6 is 11.3 Å². The molecule has 0 aliphatic heterocycles. The Morgan fingerprint density at radius 2 is 1.70 bits per heavy atom. The Morgan fingerprint density at radius 1 is 1.04 bits per heavy atom. The third-order valence-electron chi connectivity index (χ3n) is 4.38. The van der Waals surface area contributed by atoms with Gasteiger partial charge in [-0.3, -0.25) is 5.43 Å². The number of nitrogens with zero attached hydrogens (tertiary/aromatic N) is 2. The van der Waals surface area contributed by atoms with Crippen LogP contribution in [0.5, 0.6) is 5.75 Å². The fraction of sp³-hybridized carbons (Fsp3) is 0.273. The van der Waals surface area contributed by atoms with Gasteiger partial charge in [0.05, 0.1) is 18.5 Å². The van der Waals surface area contributed by atoms with Crippen molar-refractivity contribution in [2.24, 2.45) is 5.10 Å². The predicted octanol–water partition coefficient (Wildman–Crippen LogP) is 5.95. The van der Waals surface area contributed by atoms with Gasteiger partial charge in [0.1, 0.15) is 5.75 Å². The van der Waals surface area contributed by atoms with E-state index in [1.807, 2.05) is 36.6 Å². The molecule has 0 saturated heterocycles. The second kappa shape index (κ2) is 7.92. The summed E-state index contributed by atoms with van der Waals surface area (Å²) in [6.45, 7) is 8.64. The van der Waals surface area contributed by atoms with Crippen LogP contribution in [0.25, 0.3) is 11.3 Å². The molecular weight excluding hydrogens is 354 g/mol. The number of rotatable bonds is 5. The quantitative estimate of drug-likeness (QED) is 0.440. The van der Waals surface area contributed by atoms with Crippen molar-refractivity contribution in [3.63, 3.8) is 0 Å². The van der Waals surface area contributed by atoms with Crippen molar-refractivity contribution in [3.8, 4) is 17.0 Å². The summed E-state index contributed by atoms with van der Waals surface area (Å²) in [4.78, 5) is 4.61. The molecule has 3 aromatic rings. The highest BCUT2D eigenvalue weighted by molar-refractivity contribution is 7.14. The maximum absolute atomic E-state index is 5.20. The maximum atomic E-state index is 5.20. The monoisotopic (exact) mass is 379 g/mol. The van der Waals surface area contributed by atoms with Crippen molar-refractivity contribution >= 4 is 22.2 Å². The standard InChI is InChI=1S/C22H25N3OS/c1-15(16-6-10-18(11-7-16)22(2,3)4)24-25-21-23-20(14-27-21)17-8-12-19(26-5)13-9-17/h6-14H,1-5H3,(H,23,25)/b24-15-. The SMILES string of the molecule is COc1ccc(-c2csc(N/N=C(/C)c3ccc(C(C)(C)C)cc3)n2)cc1. The van der Waals surface area contributed by atoms with Gasteiger partial charge in [-0.05, 0) is 47.7 Å². The number of ether oxygens (including phenoxy) is 1. The minimum Gasteiger partial charge on any atom is -0.497 e. The van der Waals surface area contributed by atoms with E-state index < -0.39 is 0 Å². The molecule has 0 fully saturated rings. The first-order chi connectivity index (χ1) is 12.9. The Kier molecular flexibility index (Phi) is 5.61.